The molecule has 0 spiro atoms. The fourth-order valence-corrected chi connectivity index (χ4v) is 3.65. The van der Waals surface area contributed by atoms with Gasteiger partial charge in [-0.05, 0) is 48.3 Å². The van der Waals surface area contributed by atoms with Gasteiger partial charge in [-0.25, -0.2) is 9.07 Å². The molecular weight excluding hydrogens is 520 g/mol. The molecule has 1 atom stereocenters. The Kier molecular flexibility index (Phi) is 9.97. The highest BCUT2D eigenvalue weighted by Crippen LogP contribution is 2.23. The van der Waals surface area contributed by atoms with Gasteiger partial charge in [0.25, 0.3) is 5.91 Å². The fourth-order valence-electron chi connectivity index (χ4n) is 3.65. The fraction of sp³-hybridized carbons (Fsp3) is 0.346. The first-order valence-corrected chi connectivity index (χ1v) is 11.9. The number of ether oxygens (including phenoxy) is 1. The number of carbonyl (C=O) groups excluding carboxylic acids is 2. The molecule has 0 aliphatic carbocycles. The van der Waals surface area contributed by atoms with Crippen molar-refractivity contribution in [2.24, 2.45) is 0 Å². The molecule has 1 aliphatic heterocycles. The van der Waals surface area contributed by atoms with Crippen LogP contribution in [0, 0.1) is 11.3 Å². The van der Waals surface area contributed by atoms with Crippen LogP contribution in [0.2, 0.25) is 0 Å². The van der Waals surface area contributed by atoms with Crippen LogP contribution in [0.25, 0.3) is 0 Å². The third-order valence-electron chi connectivity index (χ3n) is 5.58. The highest BCUT2D eigenvalue weighted by atomic mass is 19.4. The van der Waals surface area contributed by atoms with E-state index in [1.165, 1.54) is 23.0 Å². The van der Waals surface area contributed by atoms with Crippen LogP contribution in [0.15, 0.2) is 66.7 Å². The smallest absolute Gasteiger partial charge is 0.406 e. The number of Topliss-reactive ketones (excluding diaryl/α,β-unsaturated/α-hetero) is 1. The van der Waals surface area contributed by atoms with Gasteiger partial charge in [0.15, 0.2) is 5.69 Å². The highest BCUT2D eigenvalue weighted by Gasteiger charge is 2.31. The highest BCUT2D eigenvalue weighted by molar-refractivity contribution is 5.91. The van der Waals surface area contributed by atoms with Gasteiger partial charge in [0, 0.05) is 31.4 Å². The molecule has 1 aromatic heterocycles. The molecule has 3 rings (SSSR count). The summed E-state index contributed by atoms with van der Waals surface area (Å²) in [4.78, 5) is 25.6. The Morgan fingerprint density at radius 2 is 2.08 bits per heavy atom. The number of hydrogen-bond acceptors (Lipinski definition) is 7. The van der Waals surface area contributed by atoms with Gasteiger partial charge >= 0.3 is 6.36 Å². The molecule has 0 bridgehead atoms. The molecule has 0 radical (unpaired) electrons. The first-order valence-electron chi connectivity index (χ1n) is 11.9. The molecule has 9 nitrogen and oxygen atoms in total. The molecule has 13 heteroatoms. The Morgan fingerprint density at radius 3 is 2.79 bits per heavy atom. The summed E-state index contributed by atoms with van der Waals surface area (Å²) in [5.74, 6) is -1.15. The Balaban J connectivity index is 1.42. The maximum absolute atomic E-state index is 14.6. The number of amides is 1. The normalized spacial score (nSPS) is 14.0. The number of alkyl halides is 4. The molecule has 0 saturated heterocycles. The van der Waals surface area contributed by atoms with Crippen molar-refractivity contribution in [1.82, 2.24) is 25.2 Å². The second kappa shape index (κ2) is 13.4. The molecular formula is C26H26F4N6O3. The van der Waals surface area contributed by atoms with E-state index in [1.54, 1.807) is 11.1 Å². The largest absolute Gasteiger partial charge is 0.573 e. The number of nitriles is 1. The Bertz CT molecular complexity index is 1300. The van der Waals surface area contributed by atoms with E-state index in [0.717, 1.165) is 17.7 Å². The number of ketones is 1. The minimum absolute atomic E-state index is 0.0665. The molecule has 0 saturated carbocycles. The summed E-state index contributed by atoms with van der Waals surface area (Å²) in [5, 5.41) is 18.6. The summed E-state index contributed by atoms with van der Waals surface area (Å²) in [6.07, 6.45) is 1.36. The number of allylic oxidation sites excluding steroid dienone is 3. The SMILES string of the molecule is C=C1C=C(CCC(=O)CC#N)C=CN1CCC(F)Cn1cc(C(=O)NCc2cccc(OC(F)(F)F)c2)nn1. The Morgan fingerprint density at radius 1 is 1.28 bits per heavy atom. The lowest BCUT2D eigenvalue weighted by molar-refractivity contribution is -0.274. The van der Waals surface area contributed by atoms with Crippen LogP contribution in [-0.2, 0) is 17.9 Å². The third kappa shape index (κ3) is 9.73. The van der Waals surface area contributed by atoms with E-state index in [-0.39, 0.29) is 43.8 Å². The summed E-state index contributed by atoms with van der Waals surface area (Å²) in [7, 11) is 0. The second-order valence-corrected chi connectivity index (χ2v) is 8.68. The van der Waals surface area contributed by atoms with Crippen molar-refractivity contribution >= 4 is 11.7 Å². The number of halogens is 4. The molecule has 0 fully saturated rings. The Hall–Kier alpha value is -4.47. The first-order chi connectivity index (χ1) is 18.5. The van der Waals surface area contributed by atoms with E-state index in [1.807, 2.05) is 18.2 Å². The lowest BCUT2D eigenvalue weighted by atomic mass is 10.0. The second-order valence-electron chi connectivity index (χ2n) is 8.68. The zero-order valence-electron chi connectivity index (χ0n) is 20.8. The van der Waals surface area contributed by atoms with E-state index in [0.29, 0.717) is 24.2 Å². The number of benzene rings is 1. The summed E-state index contributed by atoms with van der Waals surface area (Å²) in [6, 6.07) is 7.02. The topological polar surface area (TPSA) is 113 Å². The van der Waals surface area contributed by atoms with E-state index < -0.39 is 24.2 Å². The standard InChI is InChI=1S/C26H26F4N6O3/c1-18-13-19(5-6-22(37)7-10-31)8-11-35(18)12-9-21(27)16-36-17-24(33-34-36)25(38)32-15-20-3-2-4-23(14-20)39-26(28,29)30/h2-4,8,11,13-14,17,21H,1,5-7,9,12,15-16H2,(H,32,38). The minimum Gasteiger partial charge on any atom is -0.406 e. The Labute approximate surface area is 222 Å². The average Bonchev–Trinajstić information content (AvgIpc) is 3.33. The molecule has 1 amide bonds. The monoisotopic (exact) mass is 546 g/mol. The maximum Gasteiger partial charge on any atom is 0.573 e. The van der Waals surface area contributed by atoms with Crippen molar-refractivity contribution in [3.63, 3.8) is 0 Å². The van der Waals surface area contributed by atoms with Gasteiger partial charge in [-0.3, -0.25) is 9.59 Å². The predicted molar refractivity (Wildman–Crippen MR) is 131 cm³/mol. The van der Waals surface area contributed by atoms with E-state index in [2.05, 4.69) is 26.9 Å². The molecule has 1 unspecified atom stereocenters. The number of hydrogen-bond donors (Lipinski definition) is 1. The van der Waals surface area contributed by atoms with Crippen LogP contribution in [0.1, 0.15) is 41.7 Å². The van der Waals surface area contributed by atoms with Crippen molar-refractivity contribution < 1.29 is 31.9 Å². The van der Waals surface area contributed by atoms with Crippen molar-refractivity contribution in [1.29, 1.82) is 5.26 Å². The first kappa shape index (κ1) is 29.1. The van der Waals surface area contributed by atoms with E-state index in [9.17, 15) is 27.2 Å². The average molecular weight is 547 g/mol. The minimum atomic E-state index is -4.82. The van der Waals surface area contributed by atoms with Gasteiger partial charge in [-0.2, -0.15) is 5.26 Å². The van der Waals surface area contributed by atoms with Crippen LogP contribution < -0.4 is 10.1 Å². The summed E-state index contributed by atoms with van der Waals surface area (Å²) in [5.41, 5.74) is 1.87. The summed E-state index contributed by atoms with van der Waals surface area (Å²) < 4.78 is 56.8. The van der Waals surface area contributed by atoms with Gasteiger partial charge in [-0.15, -0.1) is 18.3 Å². The molecule has 1 N–H and O–H groups in total. The van der Waals surface area contributed by atoms with Crippen molar-refractivity contribution in [2.75, 3.05) is 6.54 Å². The van der Waals surface area contributed by atoms with E-state index in [4.69, 9.17) is 5.26 Å². The molecule has 39 heavy (non-hydrogen) atoms. The lowest BCUT2D eigenvalue weighted by Gasteiger charge is -2.25. The number of nitrogens with zero attached hydrogens (tertiary/aromatic N) is 5. The van der Waals surface area contributed by atoms with Gasteiger partial charge in [0.2, 0.25) is 0 Å². The van der Waals surface area contributed by atoms with Gasteiger partial charge in [0.05, 0.1) is 25.2 Å². The van der Waals surface area contributed by atoms with Crippen molar-refractivity contribution in [3.8, 4) is 11.8 Å². The zero-order valence-corrected chi connectivity index (χ0v) is 20.8. The molecule has 2 heterocycles. The zero-order chi connectivity index (χ0) is 28.4. The third-order valence-corrected chi connectivity index (χ3v) is 5.58. The van der Waals surface area contributed by atoms with Crippen molar-refractivity contribution in [2.45, 2.75) is 51.3 Å². The van der Waals surface area contributed by atoms with Crippen LogP contribution in [-0.4, -0.2) is 50.7 Å². The summed E-state index contributed by atoms with van der Waals surface area (Å²) in [6.45, 7) is 4.09. The molecule has 1 aromatic carbocycles. The number of aromatic nitrogens is 3. The van der Waals surface area contributed by atoms with Crippen LogP contribution in [0.3, 0.4) is 0 Å². The molecule has 206 valence electrons. The number of nitrogens with one attached hydrogen (secondary N) is 1. The summed E-state index contributed by atoms with van der Waals surface area (Å²) >= 11 is 0. The van der Waals surface area contributed by atoms with Crippen LogP contribution in [0.5, 0.6) is 5.75 Å². The van der Waals surface area contributed by atoms with Gasteiger partial charge in [0.1, 0.15) is 17.7 Å². The lowest BCUT2D eigenvalue weighted by Crippen LogP contribution is -2.24. The van der Waals surface area contributed by atoms with Gasteiger partial charge < -0.3 is 15.0 Å². The number of rotatable bonds is 13. The predicted octanol–water partition coefficient (Wildman–Crippen LogP) is 4.37. The number of carbonyl (C=O) groups is 2. The van der Waals surface area contributed by atoms with Gasteiger partial charge in [-0.1, -0.05) is 23.9 Å². The maximum atomic E-state index is 14.6. The van der Waals surface area contributed by atoms with E-state index >= 15 is 0 Å². The van der Waals surface area contributed by atoms with Crippen LogP contribution >= 0.6 is 0 Å². The molecule has 2 aromatic rings. The van der Waals surface area contributed by atoms with Crippen LogP contribution in [0.4, 0.5) is 17.6 Å². The molecule has 1 aliphatic rings. The van der Waals surface area contributed by atoms with Crippen molar-refractivity contribution in [3.05, 3.63) is 77.9 Å². The quantitative estimate of drug-likeness (QED) is 0.371.